The lowest BCUT2D eigenvalue weighted by Crippen LogP contribution is -2.49. The summed E-state index contributed by atoms with van der Waals surface area (Å²) < 4.78 is 44.4. The second-order valence-electron chi connectivity index (χ2n) is 9.09. The van der Waals surface area contributed by atoms with Crippen LogP contribution in [0.15, 0.2) is 36.4 Å². The quantitative estimate of drug-likeness (QED) is 0.510. The minimum absolute atomic E-state index is 0.00165. The summed E-state index contributed by atoms with van der Waals surface area (Å²) in [5.41, 5.74) is 1.86. The number of aromatic nitrogens is 1. The Hall–Kier alpha value is -2.65. The average Bonchev–Trinajstić information content (AvgIpc) is 2.77. The van der Waals surface area contributed by atoms with E-state index in [0.29, 0.717) is 25.0 Å². The van der Waals surface area contributed by atoms with Gasteiger partial charge in [-0.3, -0.25) is 9.69 Å². The molecule has 1 unspecified atom stereocenters. The normalized spacial score (nSPS) is 20.9. The molecule has 184 valence electrons. The molecule has 1 saturated carbocycles. The Morgan fingerprint density at radius 3 is 2.65 bits per heavy atom. The summed E-state index contributed by atoms with van der Waals surface area (Å²) >= 11 is 0. The number of nitrogens with zero attached hydrogens (tertiary/aromatic N) is 2. The standard InChI is InChI=1S/C25H30F3N3O3/c1-31(22(24(32)33)16-6-9-18(10-7-16)25(26,27)28)20-14-21(15-20)34-13-3-5-19-11-8-17-4-2-12-29-23(17)30-19/h6-11,20-22H,2-5,12-15H2,1H3,(H,29,30)(H,32,33). The van der Waals surface area contributed by atoms with Crippen LogP contribution in [0.5, 0.6) is 0 Å². The first-order chi connectivity index (χ1) is 16.2. The van der Waals surface area contributed by atoms with E-state index in [9.17, 15) is 23.1 Å². The number of hydrogen-bond acceptors (Lipinski definition) is 5. The van der Waals surface area contributed by atoms with Gasteiger partial charge in [-0.25, -0.2) is 4.98 Å². The molecule has 0 bridgehead atoms. The predicted molar refractivity (Wildman–Crippen MR) is 122 cm³/mol. The molecule has 0 saturated heterocycles. The largest absolute Gasteiger partial charge is 0.480 e. The summed E-state index contributed by atoms with van der Waals surface area (Å²) in [6.07, 6.45) is 0.895. The van der Waals surface area contributed by atoms with E-state index in [1.54, 1.807) is 11.9 Å². The molecule has 2 aliphatic rings. The third-order valence-corrected chi connectivity index (χ3v) is 6.72. The Morgan fingerprint density at radius 2 is 1.97 bits per heavy atom. The van der Waals surface area contributed by atoms with Gasteiger partial charge in [0.2, 0.25) is 0 Å². The van der Waals surface area contributed by atoms with Crippen molar-refractivity contribution in [1.82, 2.24) is 9.88 Å². The number of ether oxygens (including phenoxy) is 1. The molecule has 1 aliphatic carbocycles. The van der Waals surface area contributed by atoms with Gasteiger partial charge < -0.3 is 15.2 Å². The number of carboxylic acid groups (broad SMARTS) is 1. The van der Waals surface area contributed by atoms with Crippen molar-refractivity contribution in [1.29, 1.82) is 0 Å². The van der Waals surface area contributed by atoms with Crippen molar-refractivity contribution in [3.8, 4) is 0 Å². The Morgan fingerprint density at radius 1 is 1.24 bits per heavy atom. The summed E-state index contributed by atoms with van der Waals surface area (Å²) in [4.78, 5) is 18.3. The molecule has 6 nitrogen and oxygen atoms in total. The Labute approximate surface area is 197 Å². The van der Waals surface area contributed by atoms with Gasteiger partial charge in [-0.15, -0.1) is 0 Å². The minimum atomic E-state index is -4.45. The zero-order valence-electron chi connectivity index (χ0n) is 19.1. The van der Waals surface area contributed by atoms with E-state index < -0.39 is 23.8 Å². The fourth-order valence-electron chi connectivity index (χ4n) is 4.63. The number of hydrogen-bond donors (Lipinski definition) is 2. The van der Waals surface area contributed by atoms with Crippen molar-refractivity contribution < 1.29 is 27.8 Å². The van der Waals surface area contributed by atoms with Crippen LogP contribution in [0.25, 0.3) is 0 Å². The molecule has 0 amide bonds. The first-order valence-electron chi connectivity index (χ1n) is 11.7. The van der Waals surface area contributed by atoms with Gasteiger partial charge in [0.25, 0.3) is 0 Å². The third kappa shape index (κ3) is 5.70. The number of benzene rings is 1. The lowest BCUT2D eigenvalue weighted by Gasteiger charge is -2.43. The molecule has 1 atom stereocenters. The van der Waals surface area contributed by atoms with Crippen molar-refractivity contribution in [3.63, 3.8) is 0 Å². The molecular weight excluding hydrogens is 447 g/mol. The molecule has 0 spiro atoms. The molecule has 1 aliphatic heterocycles. The van der Waals surface area contributed by atoms with Gasteiger partial charge in [0.15, 0.2) is 0 Å². The maximum atomic E-state index is 12.8. The summed E-state index contributed by atoms with van der Waals surface area (Å²) in [6.45, 7) is 1.57. The number of fused-ring (bicyclic) bond motifs is 1. The lowest BCUT2D eigenvalue weighted by molar-refractivity contribution is -0.146. The van der Waals surface area contributed by atoms with Crippen LogP contribution in [0.2, 0.25) is 0 Å². The molecule has 1 aromatic heterocycles. The van der Waals surface area contributed by atoms with E-state index in [4.69, 9.17) is 9.72 Å². The second kappa shape index (κ2) is 10.3. The van der Waals surface area contributed by atoms with E-state index >= 15 is 0 Å². The van der Waals surface area contributed by atoms with Crippen molar-refractivity contribution in [2.75, 3.05) is 25.5 Å². The molecule has 2 aromatic rings. The Bertz CT molecular complexity index is 991. The van der Waals surface area contributed by atoms with E-state index in [1.165, 1.54) is 17.7 Å². The third-order valence-electron chi connectivity index (χ3n) is 6.72. The first kappa shape index (κ1) is 24.5. The van der Waals surface area contributed by atoms with Crippen LogP contribution in [0.3, 0.4) is 0 Å². The van der Waals surface area contributed by atoms with Crippen molar-refractivity contribution in [2.24, 2.45) is 0 Å². The Kier molecular flexibility index (Phi) is 7.42. The topological polar surface area (TPSA) is 74.7 Å². The van der Waals surface area contributed by atoms with E-state index in [1.807, 2.05) is 0 Å². The number of nitrogens with one attached hydrogen (secondary N) is 1. The van der Waals surface area contributed by atoms with Gasteiger partial charge in [-0.05, 0) is 74.9 Å². The van der Waals surface area contributed by atoms with Crippen LogP contribution in [0.1, 0.15) is 54.1 Å². The number of aliphatic carboxylic acids is 1. The Balaban J connectivity index is 1.22. The molecule has 1 fully saturated rings. The summed E-state index contributed by atoms with van der Waals surface area (Å²) in [5, 5.41) is 13.1. The van der Waals surface area contributed by atoms with Crippen molar-refractivity contribution in [2.45, 2.75) is 62.9 Å². The van der Waals surface area contributed by atoms with Crippen molar-refractivity contribution in [3.05, 3.63) is 58.8 Å². The molecule has 1 aromatic carbocycles. The van der Waals surface area contributed by atoms with E-state index in [0.717, 1.165) is 55.9 Å². The summed E-state index contributed by atoms with van der Waals surface area (Å²) in [7, 11) is 1.70. The number of aryl methyl sites for hydroxylation is 2. The number of anilines is 1. The van der Waals surface area contributed by atoms with Gasteiger partial charge in [-0.2, -0.15) is 13.2 Å². The molecular formula is C25H30F3N3O3. The second-order valence-corrected chi connectivity index (χ2v) is 9.09. The summed E-state index contributed by atoms with van der Waals surface area (Å²) in [5.74, 6) is -0.0887. The van der Waals surface area contributed by atoms with Gasteiger partial charge in [0, 0.05) is 24.9 Å². The predicted octanol–water partition coefficient (Wildman–Crippen LogP) is 4.70. The van der Waals surface area contributed by atoms with E-state index in [2.05, 4.69) is 17.4 Å². The van der Waals surface area contributed by atoms with Crippen LogP contribution in [0, 0.1) is 0 Å². The smallest absolute Gasteiger partial charge is 0.416 e. The van der Waals surface area contributed by atoms with Crippen LogP contribution in [-0.4, -0.2) is 53.3 Å². The monoisotopic (exact) mass is 477 g/mol. The highest BCUT2D eigenvalue weighted by Crippen LogP contribution is 2.35. The van der Waals surface area contributed by atoms with Crippen LogP contribution in [0.4, 0.5) is 19.0 Å². The average molecular weight is 478 g/mol. The molecule has 9 heteroatoms. The first-order valence-corrected chi connectivity index (χ1v) is 11.7. The zero-order valence-corrected chi connectivity index (χ0v) is 19.1. The number of halogens is 3. The van der Waals surface area contributed by atoms with Crippen LogP contribution >= 0.6 is 0 Å². The van der Waals surface area contributed by atoms with Crippen LogP contribution < -0.4 is 5.32 Å². The number of alkyl halides is 3. The molecule has 4 rings (SSSR count). The van der Waals surface area contributed by atoms with Gasteiger partial charge >= 0.3 is 12.1 Å². The molecule has 2 heterocycles. The van der Waals surface area contributed by atoms with Crippen LogP contribution in [-0.2, 0) is 28.5 Å². The highest BCUT2D eigenvalue weighted by molar-refractivity contribution is 5.75. The number of carboxylic acids is 1. The molecule has 34 heavy (non-hydrogen) atoms. The zero-order chi connectivity index (χ0) is 24.3. The maximum Gasteiger partial charge on any atom is 0.416 e. The summed E-state index contributed by atoms with van der Waals surface area (Å²) in [6, 6.07) is 7.57. The fraction of sp³-hybridized carbons (Fsp3) is 0.520. The number of carbonyl (C=O) groups is 1. The fourth-order valence-corrected chi connectivity index (χ4v) is 4.63. The molecule has 0 radical (unpaired) electrons. The number of likely N-dealkylation sites (N-methyl/N-ethyl adjacent to an activating group) is 1. The van der Waals surface area contributed by atoms with Gasteiger partial charge in [0.1, 0.15) is 11.9 Å². The minimum Gasteiger partial charge on any atom is -0.480 e. The highest BCUT2D eigenvalue weighted by atomic mass is 19.4. The highest BCUT2D eigenvalue weighted by Gasteiger charge is 2.39. The maximum absolute atomic E-state index is 12.8. The SMILES string of the molecule is CN(C1CC(OCCCc2ccc3c(n2)NCCC3)C1)C(C(=O)O)c1ccc(C(F)(F)F)cc1. The van der Waals surface area contributed by atoms with Crippen molar-refractivity contribution >= 4 is 11.8 Å². The lowest BCUT2D eigenvalue weighted by atomic mass is 9.86. The number of pyridine rings is 1. The number of rotatable bonds is 9. The van der Waals surface area contributed by atoms with E-state index in [-0.39, 0.29) is 12.1 Å². The van der Waals surface area contributed by atoms with Gasteiger partial charge in [0.05, 0.1) is 11.7 Å². The molecule has 2 N–H and O–H groups in total. The van der Waals surface area contributed by atoms with Gasteiger partial charge in [-0.1, -0.05) is 18.2 Å².